The molecule has 0 unspecified atom stereocenters. The first-order valence-electron chi connectivity index (χ1n) is 5.98. The molecule has 0 aliphatic carbocycles. The highest BCUT2D eigenvalue weighted by atomic mass is 79.9. The van der Waals surface area contributed by atoms with E-state index in [9.17, 15) is 8.42 Å². The summed E-state index contributed by atoms with van der Waals surface area (Å²) in [4.78, 5) is 0. The van der Waals surface area contributed by atoms with Crippen molar-refractivity contribution >= 4 is 37.3 Å². The third-order valence-electron chi connectivity index (χ3n) is 2.69. The first-order chi connectivity index (χ1) is 9.53. The first kappa shape index (κ1) is 15.7. The molecular weight excluding hydrogens is 360 g/mol. The van der Waals surface area contributed by atoms with Crippen LogP contribution in [-0.4, -0.2) is 15.5 Å². The van der Waals surface area contributed by atoms with Crippen molar-refractivity contribution in [2.75, 3.05) is 7.05 Å². The number of hydrogen-bond acceptors (Lipinski definition) is 4. The number of halogens is 1. The molecule has 4 nitrogen and oxygen atoms in total. The molecule has 0 spiro atoms. The van der Waals surface area contributed by atoms with Gasteiger partial charge in [0.05, 0.1) is 0 Å². The largest absolute Gasteiger partial charge is 0.316 e. The van der Waals surface area contributed by atoms with E-state index in [-0.39, 0.29) is 6.54 Å². The van der Waals surface area contributed by atoms with Crippen LogP contribution in [0, 0.1) is 0 Å². The van der Waals surface area contributed by atoms with Gasteiger partial charge < -0.3 is 5.32 Å². The maximum atomic E-state index is 12.2. The second kappa shape index (κ2) is 6.82. The van der Waals surface area contributed by atoms with Crippen LogP contribution < -0.4 is 10.0 Å². The van der Waals surface area contributed by atoms with Crippen molar-refractivity contribution in [2.45, 2.75) is 17.3 Å². The van der Waals surface area contributed by atoms with Gasteiger partial charge in [0.1, 0.15) is 4.21 Å². The summed E-state index contributed by atoms with van der Waals surface area (Å²) < 4.78 is 28.3. The minimum atomic E-state index is -3.45. The Bertz CT molecular complexity index is 683. The average molecular weight is 375 g/mol. The minimum Gasteiger partial charge on any atom is -0.316 e. The van der Waals surface area contributed by atoms with E-state index in [1.165, 1.54) is 11.3 Å². The minimum absolute atomic E-state index is 0.267. The van der Waals surface area contributed by atoms with Gasteiger partial charge in [0.15, 0.2) is 0 Å². The summed E-state index contributed by atoms with van der Waals surface area (Å²) in [6, 6.07) is 9.24. The normalized spacial score (nSPS) is 11.7. The Balaban J connectivity index is 2.09. The second-order valence-corrected chi connectivity index (χ2v) is 7.98. The lowest BCUT2D eigenvalue weighted by atomic mass is 10.2. The van der Waals surface area contributed by atoms with Gasteiger partial charge >= 0.3 is 0 Å². The van der Waals surface area contributed by atoms with Gasteiger partial charge in [-0.1, -0.05) is 34.1 Å². The molecule has 2 rings (SSSR count). The first-order valence-corrected chi connectivity index (χ1v) is 9.13. The van der Waals surface area contributed by atoms with Gasteiger partial charge in [0.2, 0.25) is 10.0 Å². The van der Waals surface area contributed by atoms with Gasteiger partial charge in [0.25, 0.3) is 0 Å². The Morgan fingerprint density at radius 1 is 1.25 bits per heavy atom. The fourth-order valence-corrected chi connectivity index (χ4v) is 4.36. The maximum absolute atomic E-state index is 12.2. The van der Waals surface area contributed by atoms with Crippen LogP contribution >= 0.6 is 27.3 Å². The topological polar surface area (TPSA) is 58.2 Å². The fraction of sp³-hybridized carbons (Fsp3) is 0.231. The highest BCUT2D eigenvalue weighted by molar-refractivity contribution is 9.10. The molecule has 0 saturated carbocycles. The van der Waals surface area contributed by atoms with E-state index >= 15 is 0 Å². The molecule has 1 heterocycles. The van der Waals surface area contributed by atoms with E-state index in [4.69, 9.17) is 0 Å². The van der Waals surface area contributed by atoms with Gasteiger partial charge in [-0.3, -0.25) is 0 Å². The third kappa shape index (κ3) is 3.89. The van der Waals surface area contributed by atoms with E-state index < -0.39 is 10.0 Å². The van der Waals surface area contributed by atoms with Crippen LogP contribution in [0.15, 0.2) is 44.4 Å². The van der Waals surface area contributed by atoms with E-state index in [0.29, 0.717) is 10.8 Å². The molecule has 0 atom stereocenters. The molecule has 0 saturated heterocycles. The Kier molecular flexibility index (Phi) is 5.34. The molecule has 2 N–H and O–H groups in total. The predicted molar refractivity (Wildman–Crippen MR) is 85.3 cm³/mol. The van der Waals surface area contributed by atoms with Crippen LogP contribution in [-0.2, 0) is 23.1 Å². The molecule has 2 aromatic rings. The molecule has 0 amide bonds. The van der Waals surface area contributed by atoms with E-state index in [0.717, 1.165) is 15.6 Å². The summed E-state index contributed by atoms with van der Waals surface area (Å²) in [7, 11) is -1.62. The summed E-state index contributed by atoms with van der Waals surface area (Å²) >= 11 is 4.64. The summed E-state index contributed by atoms with van der Waals surface area (Å²) in [6.45, 7) is 0.930. The second-order valence-electron chi connectivity index (χ2n) is 4.22. The molecular formula is C13H15BrN2O2S2. The van der Waals surface area contributed by atoms with Gasteiger partial charge in [-0.25, -0.2) is 13.1 Å². The molecule has 0 aliphatic rings. The van der Waals surface area contributed by atoms with Crippen LogP contribution in [0.5, 0.6) is 0 Å². The van der Waals surface area contributed by atoms with Crippen molar-refractivity contribution in [1.29, 1.82) is 0 Å². The number of hydrogen-bond donors (Lipinski definition) is 2. The Labute approximate surface area is 131 Å². The van der Waals surface area contributed by atoms with Gasteiger partial charge in [-0.2, -0.15) is 0 Å². The molecule has 0 fully saturated rings. The number of benzene rings is 1. The SMILES string of the molecule is CNCc1csc(S(=O)(=O)NCc2ccccc2Br)c1. The quantitative estimate of drug-likeness (QED) is 0.816. The van der Waals surface area contributed by atoms with Gasteiger partial charge in [-0.15, -0.1) is 11.3 Å². The van der Waals surface area contributed by atoms with Crippen molar-refractivity contribution in [3.63, 3.8) is 0 Å². The smallest absolute Gasteiger partial charge is 0.250 e. The Hall–Kier alpha value is -0.730. The summed E-state index contributed by atoms with van der Waals surface area (Å²) in [6.07, 6.45) is 0. The number of thiophene rings is 1. The zero-order valence-corrected chi connectivity index (χ0v) is 14.1. The Morgan fingerprint density at radius 2 is 2.00 bits per heavy atom. The predicted octanol–water partition coefficient (Wildman–Crippen LogP) is 2.71. The fourth-order valence-electron chi connectivity index (χ4n) is 1.68. The highest BCUT2D eigenvalue weighted by Crippen LogP contribution is 2.21. The van der Waals surface area contributed by atoms with Gasteiger partial charge in [0, 0.05) is 17.6 Å². The zero-order valence-electron chi connectivity index (χ0n) is 10.9. The van der Waals surface area contributed by atoms with Crippen LogP contribution in [0.3, 0.4) is 0 Å². The molecule has 1 aromatic heterocycles. The monoisotopic (exact) mass is 374 g/mol. The summed E-state index contributed by atoms with van der Waals surface area (Å²) in [5.74, 6) is 0. The average Bonchev–Trinajstić information content (AvgIpc) is 2.88. The van der Waals surface area contributed by atoms with Crippen LogP contribution in [0.1, 0.15) is 11.1 Å². The van der Waals surface area contributed by atoms with Crippen molar-refractivity contribution in [3.8, 4) is 0 Å². The Morgan fingerprint density at radius 3 is 2.70 bits per heavy atom. The van der Waals surface area contributed by atoms with Crippen LogP contribution in [0.25, 0.3) is 0 Å². The standard InChI is InChI=1S/C13H15BrN2O2S2/c1-15-7-10-6-13(19-9-10)20(17,18)16-8-11-4-2-3-5-12(11)14/h2-6,9,15-16H,7-8H2,1H3. The van der Waals surface area contributed by atoms with E-state index in [1.807, 2.05) is 36.7 Å². The lowest BCUT2D eigenvalue weighted by Crippen LogP contribution is -2.22. The molecule has 1 aromatic carbocycles. The number of rotatable bonds is 6. The summed E-state index contributed by atoms with van der Waals surface area (Å²) in [5, 5.41) is 4.85. The van der Waals surface area contributed by atoms with Crippen molar-refractivity contribution in [3.05, 3.63) is 51.3 Å². The molecule has 0 radical (unpaired) electrons. The number of sulfonamides is 1. The lowest BCUT2D eigenvalue weighted by Gasteiger charge is -2.06. The molecule has 108 valence electrons. The summed E-state index contributed by atoms with van der Waals surface area (Å²) in [5.41, 5.74) is 1.88. The van der Waals surface area contributed by atoms with E-state index in [1.54, 1.807) is 6.07 Å². The highest BCUT2D eigenvalue weighted by Gasteiger charge is 2.16. The number of nitrogens with one attached hydrogen (secondary N) is 2. The van der Waals surface area contributed by atoms with Crippen molar-refractivity contribution in [1.82, 2.24) is 10.0 Å². The zero-order chi connectivity index (χ0) is 14.6. The molecule has 0 aliphatic heterocycles. The van der Waals surface area contributed by atoms with Crippen molar-refractivity contribution in [2.24, 2.45) is 0 Å². The molecule has 20 heavy (non-hydrogen) atoms. The van der Waals surface area contributed by atoms with Crippen LogP contribution in [0.4, 0.5) is 0 Å². The third-order valence-corrected chi connectivity index (χ3v) is 6.35. The maximum Gasteiger partial charge on any atom is 0.250 e. The molecule has 7 heteroatoms. The van der Waals surface area contributed by atoms with E-state index in [2.05, 4.69) is 26.0 Å². The van der Waals surface area contributed by atoms with Crippen LogP contribution in [0.2, 0.25) is 0 Å². The van der Waals surface area contributed by atoms with Gasteiger partial charge in [-0.05, 0) is 35.7 Å². The lowest BCUT2D eigenvalue weighted by molar-refractivity contribution is 0.583. The van der Waals surface area contributed by atoms with Crippen molar-refractivity contribution < 1.29 is 8.42 Å². The molecule has 0 bridgehead atoms.